The Morgan fingerprint density at radius 2 is 1.50 bits per heavy atom. The lowest BCUT2D eigenvalue weighted by Gasteiger charge is -2.29. The Morgan fingerprint density at radius 3 is 1.75 bits per heavy atom. The molecule has 2 aliphatic heterocycles. The maximum Gasteiger partial charge on any atom is 0.0594 e. The van der Waals surface area contributed by atoms with Gasteiger partial charge >= 0.3 is 0 Å². The number of hydrogen-bond donors (Lipinski definition) is 2. The van der Waals surface area contributed by atoms with Crippen LogP contribution in [0.1, 0.15) is 46.5 Å². The third-order valence-electron chi connectivity index (χ3n) is 3.58. The largest absolute Gasteiger partial charge is 0.379 e. The van der Waals surface area contributed by atoms with E-state index in [0.717, 1.165) is 33.0 Å². The summed E-state index contributed by atoms with van der Waals surface area (Å²) in [6.45, 7) is 13.2. The number of hydrogen-bond acceptors (Lipinski definition) is 5. The molecule has 122 valence electrons. The third kappa shape index (κ3) is 10.6. The molecule has 0 aromatic rings. The molecule has 0 saturated carbocycles. The van der Waals surface area contributed by atoms with Crippen LogP contribution in [-0.2, 0) is 4.74 Å². The minimum absolute atomic E-state index is 0.189. The average Bonchev–Trinajstić information content (AvgIpc) is 3.02. The summed E-state index contributed by atoms with van der Waals surface area (Å²) in [4.78, 5) is 4.48. The Bertz CT molecular complexity index is 188. The van der Waals surface area contributed by atoms with Crippen molar-refractivity contribution in [3.05, 3.63) is 0 Å². The van der Waals surface area contributed by atoms with Crippen molar-refractivity contribution in [3.8, 4) is 0 Å². The number of nitrogens with two attached hydrogens (primary N) is 2. The number of unbranched alkanes of at least 4 members (excludes halogenated alkanes) is 1. The van der Waals surface area contributed by atoms with Gasteiger partial charge in [-0.3, -0.25) is 9.80 Å². The fraction of sp³-hybridized carbons (Fsp3) is 1.00. The van der Waals surface area contributed by atoms with Crippen LogP contribution in [0.2, 0.25) is 0 Å². The lowest BCUT2D eigenvalue weighted by molar-refractivity contribution is 0.0215. The molecule has 0 amide bonds. The van der Waals surface area contributed by atoms with Crippen molar-refractivity contribution in [1.82, 2.24) is 9.80 Å². The Hall–Kier alpha value is -0.200. The SMILES string of the molecule is CC(N)N1CCOCC1.CCCC.NCN1CCCC1. The first-order valence-corrected chi connectivity index (χ1v) is 8.15. The van der Waals surface area contributed by atoms with E-state index in [1.165, 1.54) is 38.8 Å². The summed E-state index contributed by atoms with van der Waals surface area (Å²) in [7, 11) is 0. The number of ether oxygens (including phenoxy) is 1. The lowest BCUT2D eigenvalue weighted by Crippen LogP contribution is -2.46. The molecule has 1 atom stereocenters. The van der Waals surface area contributed by atoms with Gasteiger partial charge in [0.05, 0.1) is 19.4 Å². The van der Waals surface area contributed by atoms with E-state index in [1.807, 2.05) is 6.92 Å². The van der Waals surface area contributed by atoms with E-state index < -0.39 is 0 Å². The Balaban J connectivity index is 0.000000293. The highest BCUT2D eigenvalue weighted by Gasteiger charge is 2.12. The van der Waals surface area contributed by atoms with Crippen LogP contribution in [0, 0.1) is 0 Å². The molecule has 5 nitrogen and oxygen atoms in total. The summed E-state index contributed by atoms with van der Waals surface area (Å²) in [6.07, 6.45) is 5.52. The lowest BCUT2D eigenvalue weighted by atomic mass is 10.4. The van der Waals surface area contributed by atoms with Crippen molar-refractivity contribution in [1.29, 1.82) is 0 Å². The van der Waals surface area contributed by atoms with Crippen molar-refractivity contribution in [2.24, 2.45) is 11.5 Å². The van der Waals surface area contributed by atoms with Crippen LogP contribution in [0.5, 0.6) is 0 Å². The highest BCUT2D eigenvalue weighted by atomic mass is 16.5. The summed E-state index contributed by atoms with van der Waals surface area (Å²) >= 11 is 0. The summed E-state index contributed by atoms with van der Waals surface area (Å²) in [6, 6.07) is 0. The van der Waals surface area contributed by atoms with Crippen LogP contribution in [-0.4, -0.2) is 62.0 Å². The molecule has 5 heteroatoms. The number of morpholine rings is 1. The predicted octanol–water partition coefficient (Wildman–Crippen LogP) is 1.43. The first kappa shape index (κ1) is 19.8. The third-order valence-corrected chi connectivity index (χ3v) is 3.58. The molecule has 4 N–H and O–H groups in total. The van der Waals surface area contributed by atoms with Crippen LogP contribution >= 0.6 is 0 Å². The summed E-state index contributed by atoms with van der Waals surface area (Å²) in [5.74, 6) is 0. The van der Waals surface area contributed by atoms with Gasteiger partial charge in [0, 0.05) is 19.8 Å². The van der Waals surface area contributed by atoms with Gasteiger partial charge in [-0.15, -0.1) is 0 Å². The molecular weight excluding hydrogens is 252 g/mol. The molecule has 2 fully saturated rings. The molecule has 2 saturated heterocycles. The Morgan fingerprint density at radius 1 is 1.00 bits per heavy atom. The molecule has 0 radical (unpaired) electrons. The Kier molecular flexibility index (Phi) is 13.6. The van der Waals surface area contributed by atoms with Crippen molar-refractivity contribution in [2.75, 3.05) is 46.1 Å². The van der Waals surface area contributed by atoms with Crippen molar-refractivity contribution >= 4 is 0 Å². The van der Waals surface area contributed by atoms with E-state index in [4.69, 9.17) is 16.2 Å². The fourth-order valence-electron chi connectivity index (χ4n) is 1.95. The molecule has 1 unspecified atom stereocenters. The molecule has 2 heterocycles. The zero-order valence-electron chi connectivity index (χ0n) is 13.8. The molecule has 0 spiro atoms. The van der Waals surface area contributed by atoms with Crippen molar-refractivity contribution in [3.63, 3.8) is 0 Å². The first-order valence-electron chi connectivity index (χ1n) is 8.15. The predicted molar refractivity (Wildman–Crippen MR) is 86.5 cm³/mol. The second kappa shape index (κ2) is 13.8. The fourth-order valence-corrected chi connectivity index (χ4v) is 1.95. The van der Waals surface area contributed by atoms with Gasteiger partial charge < -0.3 is 16.2 Å². The first-order chi connectivity index (χ1) is 9.65. The van der Waals surface area contributed by atoms with Gasteiger partial charge in [0.1, 0.15) is 0 Å². The standard InChI is InChI=1S/C6H14N2O.C5H12N2.C4H10/c1-6(7)8-2-4-9-5-3-8;6-5-7-3-1-2-4-7;1-3-4-2/h6H,2-5,7H2,1H3;1-6H2;3-4H2,1-2H3. The van der Waals surface area contributed by atoms with Gasteiger partial charge in [-0.1, -0.05) is 26.7 Å². The quantitative estimate of drug-likeness (QED) is 0.822. The molecule has 2 aliphatic rings. The van der Waals surface area contributed by atoms with Crippen LogP contribution in [0.15, 0.2) is 0 Å². The minimum atomic E-state index is 0.189. The number of rotatable bonds is 3. The minimum Gasteiger partial charge on any atom is -0.379 e. The smallest absolute Gasteiger partial charge is 0.0594 e. The van der Waals surface area contributed by atoms with Gasteiger partial charge in [-0.05, 0) is 32.9 Å². The monoisotopic (exact) mass is 288 g/mol. The van der Waals surface area contributed by atoms with E-state index in [1.54, 1.807) is 0 Å². The van der Waals surface area contributed by atoms with Crippen LogP contribution in [0.4, 0.5) is 0 Å². The molecule has 20 heavy (non-hydrogen) atoms. The van der Waals surface area contributed by atoms with E-state index in [9.17, 15) is 0 Å². The van der Waals surface area contributed by atoms with Crippen LogP contribution < -0.4 is 11.5 Å². The van der Waals surface area contributed by atoms with E-state index in [0.29, 0.717) is 0 Å². The molecule has 0 aromatic carbocycles. The van der Waals surface area contributed by atoms with Crippen LogP contribution in [0.25, 0.3) is 0 Å². The summed E-state index contributed by atoms with van der Waals surface area (Å²) in [5.41, 5.74) is 11.0. The topological polar surface area (TPSA) is 67.7 Å². The maximum atomic E-state index is 5.64. The van der Waals surface area contributed by atoms with Gasteiger partial charge in [0.15, 0.2) is 0 Å². The second-order valence-corrected chi connectivity index (χ2v) is 5.40. The molecule has 0 bridgehead atoms. The normalized spacial score (nSPS) is 21.4. The van der Waals surface area contributed by atoms with Gasteiger partial charge in [-0.25, -0.2) is 0 Å². The molecular formula is C15H36N4O. The average molecular weight is 288 g/mol. The van der Waals surface area contributed by atoms with Crippen molar-refractivity contribution in [2.45, 2.75) is 52.6 Å². The summed E-state index contributed by atoms with van der Waals surface area (Å²) in [5, 5.41) is 0. The summed E-state index contributed by atoms with van der Waals surface area (Å²) < 4.78 is 5.15. The van der Waals surface area contributed by atoms with E-state index >= 15 is 0 Å². The number of nitrogens with zero attached hydrogens (tertiary/aromatic N) is 2. The maximum absolute atomic E-state index is 5.64. The molecule has 2 rings (SSSR count). The van der Waals surface area contributed by atoms with Gasteiger partial charge in [0.2, 0.25) is 0 Å². The molecule has 0 aliphatic carbocycles. The van der Waals surface area contributed by atoms with Crippen LogP contribution in [0.3, 0.4) is 0 Å². The zero-order chi connectivity index (χ0) is 15.2. The van der Waals surface area contributed by atoms with Crippen molar-refractivity contribution < 1.29 is 4.74 Å². The van der Waals surface area contributed by atoms with Gasteiger partial charge in [-0.2, -0.15) is 0 Å². The van der Waals surface area contributed by atoms with Gasteiger partial charge in [0.25, 0.3) is 0 Å². The highest BCUT2D eigenvalue weighted by Crippen LogP contribution is 2.03. The number of likely N-dealkylation sites (tertiary alicyclic amines) is 1. The van der Waals surface area contributed by atoms with E-state index in [2.05, 4.69) is 23.6 Å². The highest BCUT2D eigenvalue weighted by molar-refractivity contribution is 4.64. The zero-order valence-corrected chi connectivity index (χ0v) is 13.8. The second-order valence-electron chi connectivity index (χ2n) is 5.40. The van der Waals surface area contributed by atoms with E-state index in [-0.39, 0.29) is 6.17 Å². The Labute approximate surface area is 125 Å². The molecule has 0 aromatic heterocycles.